The van der Waals surface area contributed by atoms with E-state index in [0.717, 1.165) is 55.9 Å². The van der Waals surface area contributed by atoms with Gasteiger partial charge in [-0.15, -0.1) is 0 Å². The highest BCUT2D eigenvalue weighted by Gasteiger charge is 2.13. The number of hydrogen-bond acceptors (Lipinski definition) is 2. The van der Waals surface area contributed by atoms with Crippen LogP contribution in [0, 0.1) is 11.6 Å². The summed E-state index contributed by atoms with van der Waals surface area (Å²) < 4.78 is 38.7. The fourth-order valence-electron chi connectivity index (χ4n) is 3.27. The van der Waals surface area contributed by atoms with E-state index in [1.807, 2.05) is 36.4 Å². The topological polar surface area (TPSA) is 18.5 Å². The molecule has 2 nitrogen and oxygen atoms in total. The molecule has 0 aromatic heterocycles. The molecule has 2 aromatic rings. The molecular formula is C23H26F2O2. The van der Waals surface area contributed by atoms with Crippen LogP contribution in [0.5, 0.6) is 0 Å². The molecule has 0 radical (unpaired) electrons. The third-order valence-electron chi connectivity index (χ3n) is 4.75. The summed E-state index contributed by atoms with van der Waals surface area (Å²) in [6.07, 6.45) is 7.16. The highest BCUT2D eigenvalue weighted by atomic mass is 19.1. The average Bonchev–Trinajstić information content (AvgIpc) is 2.71. The van der Waals surface area contributed by atoms with Crippen molar-refractivity contribution in [1.29, 1.82) is 0 Å². The SMILES string of the molecule is Fc1ccc(F)c(CC=C(CCCOC2CCCCO2)c2ccccc2)c1. The van der Waals surface area contributed by atoms with Crippen molar-refractivity contribution in [3.8, 4) is 0 Å². The van der Waals surface area contributed by atoms with Crippen LogP contribution in [-0.2, 0) is 15.9 Å². The van der Waals surface area contributed by atoms with Gasteiger partial charge in [0.25, 0.3) is 0 Å². The zero-order chi connectivity index (χ0) is 18.9. The molecule has 0 bridgehead atoms. The summed E-state index contributed by atoms with van der Waals surface area (Å²) in [5.41, 5.74) is 2.59. The predicted octanol–water partition coefficient (Wildman–Crippen LogP) is 5.91. The van der Waals surface area contributed by atoms with Crippen molar-refractivity contribution in [3.63, 3.8) is 0 Å². The first-order valence-electron chi connectivity index (χ1n) is 9.64. The van der Waals surface area contributed by atoms with Gasteiger partial charge in [0.1, 0.15) is 11.6 Å². The number of hydrogen-bond donors (Lipinski definition) is 0. The van der Waals surface area contributed by atoms with Gasteiger partial charge in [-0.3, -0.25) is 0 Å². The van der Waals surface area contributed by atoms with Gasteiger partial charge in [-0.1, -0.05) is 36.4 Å². The first kappa shape index (κ1) is 19.7. The van der Waals surface area contributed by atoms with Crippen LogP contribution in [0.4, 0.5) is 8.78 Å². The molecule has 0 saturated carbocycles. The second-order valence-electron chi connectivity index (χ2n) is 6.81. The summed E-state index contributed by atoms with van der Waals surface area (Å²) in [7, 11) is 0. The molecule has 0 amide bonds. The second kappa shape index (κ2) is 10.3. The number of benzene rings is 2. The average molecular weight is 372 g/mol. The maximum Gasteiger partial charge on any atom is 0.157 e. The Morgan fingerprint density at radius 2 is 1.96 bits per heavy atom. The zero-order valence-electron chi connectivity index (χ0n) is 15.5. The Morgan fingerprint density at radius 3 is 2.74 bits per heavy atom. The van der Waals surface area contributed by atoms with Gasteiger partial charge in [0.15, 0.2) is 6.29 Å². The van der Waals surface area contributed by atoms with Gasteiger partial charge in [0.05, 0.1) is 6.61 Å². The van der Waals surface area contributed by atoms with Crippen LogP contribution in [-0.4, -0.2) is 19.5 Å². The fraction of sp³-hybridized carbons (Fsp3) is 0.391. The summed E-state index contributed by atoms with van der Waals surface area (Å²) in [6, 6.07) is 13.6. The molecule has 1 unspecified atom stereocenters. The number of rotatable bonds is 8. The summed E-state index contributed by atoms with van der Waals surface area (Å²) in [6.45, 7) is 1.40. The molecule has 1 atom stereocenters. The molecular weight excluding hydrogens is 346 g/mol. The Kier molecular flexibility index (Phi) is 7.55. The standard InChI is InChI=1S/C23H26F2O2/c24-21-13-14-22(25)20(17-21)12-11-19(18-7-2-1-3-8-18)9-6-16-27-23-10-4-5-15-26-23/h1-3,7-8,11,13-14,17,23H,4-6,9-10,12,15-16H2. The van der Waals surface area contributed by atoms with Crippen LogP contribution in [0.1, 0.15) is 43.2 Å². The first-order valence-corrected chi connectivity index (χ1v) is 9.64. The van der Waals surface area contributed by atoms with Crippen molar-refractivity contribution < 1.29 is 18.3 Å². The lowest BCUT2D eigenvalue weighted by molar-refractivity contribution is -0.162. The molecule has 0 N–H and O–H groups in total. The molecule has 1 aliphatic rings. The van der Waals surface area contributed by atoms with Crippen LogP contribution in [0.2, 0.25) is 0 Å². The largest absolute Gasteiger partial charge is 0.353 e. The number of ether oxygens (including phenoxy) is 2. The van der Waals surface area contributed by atoms with Crippen LogP contribution in [0.3, 0.4) is 0 Å². The lowest BCUT2D eigenvalue weighted by Gasteiger charge is -2.22. The van der Waals surface area contributed by atoms with E-state index in [4.69, 9.17) is 9.47 Å². The highest BCUT2D eigenvalue weighted by Crippen LogP contribution is 2.22. The van der Waals surface area contributed by atoms with Crippen molar-refractivity contribution in [3.05, 3.63) is 77.4 Å². The Bertz CT molecular complexity index is 737. The van der Waals surface area contributed by atoms with Gasteiger partial charge in [-0.05, 0) is 73.4 Å². The first-order chi connectivity index (χ1) is 13.2. The smallest absolute Gasteiger partial charge is 0.157 e. The Balaban J connectivity index is 1.61. The number of allylic oxidation sites excluding steroid dienone is 2. The van der Waals surface area contributed by atoms with E-state index in [-0.39, 0.29) is 12.1 Å². The molecule has 2 aromatic carbocycles. The van der Waals surface area contributed by atoms with Gasteiger partial charge < -0.3 is 9.47 Å². The van der Waals surface area contributed by atoms with Crippen molar-refractivity contribution in [2.45, 2.75) is 44.8 Å². The van der Waals surface area contributed by atoms with Crippen molar-refractivity contribution in [2.75, 3.05) is 13.2 Å². The normalized spacial score (nSPS) is 17.9. The lowest BCUT2D eigenvalue weighted by Crippen LogP contribution is -2.22. The molecule has 0 spiro atoms. The summed E-state index contributed by atoms with van der Waals surface area (Å²) in [5, 5.41) is 0. The van der Waals surface area contributed by atoms with E-state index in [2.05, 4.69) is 0 Å². The summed E-state index contributed by atoms with van der Waals surface area (Å²) >= 11 is 0. The van der Waals surface area contributed by atoms with E-state index >= 15 is 0 Å². The molecule has 1 saturated heterocycles. The number of halogens is 2. The molecule has 1 heterocycles. The monoisotopic (exact) mass is 372 g/mol. The van der Waals surface area contributed by atoms with E-state index < -0.39 is 5.82 Å². The van der Waals surface area contributed by atoms with Crippen LogP contribution in [0.25, 0.3) is 5.57 Å². The minimum absolute atomic E-state index is 0.0794. The highest BCUT2D eigenvalue weighted by molar-refractivity contribution is 5.65. The van der Waals surface area contributed by atoms with Crippen molar-refractivity contribution in [1.82, 2.24) is 0 Å². The second-order valence-corrected chi connectivity index (χ2v) is 6.81. The molecule has 3 rings (SSSR count). The molecule has 0 aliphatic carbocycles. The maximum atomic E-state index is 13.9. The zero-order valence-corrected chi connectivity index (χ0v) is 15.5. The third kappa shape index (κ3) is 6.26. The van der Waals surface area contributed by atoms with Gasteiger partial charge in [-0.2, -0.15) is 0 Å². The third-order valence-corrected chi connectivity index (χ3v) is 4.75. The maximum absolute atomic E-state index is 13.9. The minimum Gasteiger partial charge on any atom is -0.353 e. The molecule has 144 valence electrons. The predicted molar refractivity (Wildman–Crippen MR) is 103 cm³/mol. The van der Waals surface area contributed by atoms with Gasteiger partial charge in [-0.25, -0.2) is 8.78 Å². The van der Waals surface area contributed by atoms with E-state index in [9.17, 15) is 8.78 Å². The van der Waals surface area contributed by atoms with Gasteiger partial charge >= 0.3 is 0 Å². The van der Waals surface area contributed by atoms with Crippen LogP contribution < -0.4 is 0 Å². The van der Waals surface area contributed by atoms with Gasteiger partial charge in [0, 0.05) is 6.61 Å². The van der Waals surface area contributed by atoms with E-state index in [0.29, 0.717) is 18.6 Å². The molecule has 27 heavy (non-hydrogen) atoms. The fourth-order valence-corrected chi connectivity index (χ4v) is 3.27. The minimum atomic E-state index is -0.415. The summed E-state index contributed by atoms with van der Waals surface area (Å²) in [5.74, 6) is -0.792. The quantitative estimate of drug-likeness (QED) is 0.536. The molecule has 4 heteroatoms. The van der Waals surface area contributed by atoms with Crippen molar-refractivity contribution in [2.24, 2.45) is 0 Å². The van der Waals surface area contributed by atoms with Gasteiger partial charge in [0.2, 0.25) is 0 Å². The lowest BCUT2D eigenvalue weighted by atomic mass is 9.98. The van der Waals surface area contributed by atoms with Crippen molar-refractivity contribution >= 4 is 5.57 Å². The van der Waals surface area contributed by atoms with Crippen LogP contribution in [0.15, 0.2) is 54.6 Å². The van der Waals surface area contributed by atoms with E-state index in [1.165, 1.54) is 12.1 Å². The Hall–Kier alpha value is -2.04. The molecule has 1 aliphatic heterocycles. The summed E-state index contributed by atoms with van der Waals surface area (Å²) in [4.78, 5) is 0. The van der Waals surface area contributed by atoms with Crippen LogP contribution >= 0.6 is 0 Å². The molecule has 1 fully saturated rings. The van der Waals surface area contributed by atoms with E-state index in [1.54, 1.807) is 0 Å². The Morgan fingerprint density at radius 1 is 1.11 bits per heavy atom. The Labute approximate surface area is 159 Å².